The van der Waals surface area contributed by atoms with Gasteiger partial charge in [-0.1, -0.05) is 23.8 Å². The monoisotopic (exact) mass is 377 g/mol. The summed E-state index contributed by atoms with van der Waals surface area (Å²) in [5.74, 6) is -0.0343. The van der Waals surface area contributed by atoms with Gasteiger partial charge in [-0.05, 0) is 36.8 Å². The van der Waals surface area contributed by atoms with E-state index in [2.05, 4.69) is 15.6 Å². The molecule has 136 valence electrons. The van der Waals surface area contributed by atoms with E-state index in [1.54, 1.807) is 11.3 Å². The van der Waals surface area contributed by atoms with Gasteiger partial charge in [0.15, 0.2) is 0 Å². The Bertz CT molecular complexity index is 1010. The molecule has 0 saturated carbocycles. The van der Waals surface area contributed by atoms with Crippen LogP contribution >= 0.6 is 11.3 Å². The molecule has 2 amide bonds. The zero-order valence-corrected chi connectivity index (χ0v) is 15.7. The van der Waals surface area contributed by atoms with Crippen molar-refractivity contribution in [2.24, 2.45) is 0 Å². The quantitative estimate of drug-likeness (QED) is 0.714. The zero-order chi connectivity index (χ0) is 18.8. The minimum atomic E-state index is -0.0671. The maximum absolute atomic E-state index is 12.1. The van der Waals surface area contributed by atoms with Gasteiger partial charge in [0.1, 0.15) is 0 Å². The molecule has 4 rings (SSSR count). The molecule has 2 heterocycles. The lowest BCUT2D eigenvalue weighted by atomic mass is 10.1. The molecule has 5 nitrogen and oxygen atoms in total. The van der Waals surface area contributed by atoms with E-state index in [4.69, 9.17) is 0 Å². The molecule has 27 heavy (non-hydrogen) atoms. The Labute approximate surface area is 161 Å². The van der Waals surface area contributed by atoms with E-state index < -0.39 is 0 Å². The summed E-state index contributed by atoms with van der Waals surface area (Å²) >= 11 is 1.58. The first-order valence-electron chi connectivity index (χ1n) is 8.81. The van der Waals surface area contributed by atoms with Crippen LogP contribution in [0.3, 0.4) is 0 Å². The molecule has 6 heteroatoms. The molecule has 0 fully saturated rings. The summed E-state index contributed by atoms with van der Waals surface area (Å²) in [4.78, 5) is 28.3. The summed E-state index contributed by atoms with van der Waals surface area (Å²) in [6.45, 7) is 2.54. The van der Waals surface area contributed by atoms with Crippen LogP contribution in [0.1, 0.15) is 26.5 Å². The summed E-state index contributed by atoms with van der Waals surface area (Å²) in [6, 6.07) is 13.5. The molecule has 3 aromatic rings. The molecule has 0 radical (unpaired) electrons. The number of benzene rings is 2. The minimum Gasteiger partial charge on any atom is -0.352 e. The number of carbonyl (C=O) groups is 2. The number of aryl methyl sites for hydroxylation is 1. The molecule has 0 bridgehead atoms. The first-order valence-corrected chi connectivity index (χ1v) is 9.69. The number of carbonyl (C=O) groups excluding carboxylic acids is 2. The summed E-state index contributed by atoms with van der Waals surface area (Å²) < 4.78 is 0. The van der Waals surface area contributed by atoms with Crippen LogP contribution in [-0.2, 0) is 17.6 Å². The van der Waals surface area contributed by atoms with Crippen LogP contribution in [-0.4, -0.2) is 23.3 Å². The molecule has 1 aliphatic rings. The van der Waals surface area contributed by atoms with E-state index in [1.165, 1.54) is 0 Å². The summed E-state index contributed by atoms with van der Waals surface area (Å²) in [5, 5.41) is 8.77. The van der Waals surface area contributed by atoms with Crippen molar-refractivity contribution in [3.63, 3.8) is 0 Å². The Kier molecular flexibility index (Phi) is 4.73. The van der Waals surface area contributed by atoms with E-state index in [-0.39, 0.29) is 11.8 Å². The standard InChI is InChI=1S/C21H19N3O2S/c1-13-2-4-14(5-3-13)21(26)22-9-8-20-24-18(12-27-20)15-6-7-17-16(10-15)11-19(25)23-17/h2-7,10,12H,8-9,11H2,1H3,(H,22,26)(H,23,25). The molecule has 0 unspecified atom stereocenters. The highest BCUT2D eigenvalue weighted by Crippen LogP contribution is 2.29. The number of fused-ring (bicyclic) bond motifs is 1. The summed E-state index contributed by atoms with van der Waals surface area (Å²) in [5.41, 5.74) is 5.61. The van der Waals surface area contributed by atoms with Crippen LogP contribution in [0.5, 0.6) is 0 Å². The highest BCUT2D eigenvalue weighted by molar-refractivity contribution is 7.09. The minimum absolute atomic E-state index is 0.0328. The fraction of sp³-hybridized carbons (Fsp3) is 0.190. The lowest BCUT2D eigenvalue weighted by Gasteiger charge is -2.04. The van der Waals surface area contributed by atoms with Gasteiger partial charge in [-0.15, -0.1) is 11.3 Å². The molecular weight excluding hydrogens is 358 g/mol. The topological polar surface area (TPSA) is 71.1 Å². The van der Waals surface area contributed by atoms with E-state index in [9.17, 15) is 9.59 Å². The van der Waals surface area contributed by atoms with Gasteiger partial charge in [-0.2, -0.15) is 0 Å². The van der Waals surface area contributed by atoms with E-state index in [0.29, 0.717) is 24.9 Å². The molecule has 2 N–H and O–H groups in total. The highest BCUT2D eigenvalue weighted by Gasteiger charge is 2.18. The lowest BCUT2D eigenvalue weighted by Crippen LogP contribution is -2.25. The molecule has 1 aromatic heterocycles. The number of nitrogens with zero attached hydrogens (tertiary/aromatic N) is 1. The Morgan fingerprint density at radius 2 is 2.04 bits per heavy atom. The van der Waals surface area contributed by atoms with Gasteiger partial charge < -0.3 is 10.6 Å². The number of aromatic nitrogens is 1. The van der Waals surface area contributed by atoms with Crippen LogP contribution < -0.4 is 10.6 Å². The van der Waals surface area contributed by atoms with E-state index >= 15 is 0 Å². The van der Waals surface area contributed by atoms with Gasteiger partial charge >= 0.3 is 0 Å². The average Bonchev–Trinajstić information content (AvgIpc) is 3.27. The van der Waals surface area contributed by atoms with Crippen LogP contribution in [0.4, 0.5) is 5.69 Å². The lowest BCUT2D eigenvalue weighted by molar-refractivity contribution is -0.115. The van der Waals surface area contributed by atoms with Crippen LogP contribution in [0.2, 0.25) is 0 Å². The molecule has 0 saturated heterocycles. The van der Waals surface area contributed by atoms with Crippen molar-refractivity contribution < 1.29 is 9.59 Å². The Balaban J connectivity index is 1.36. The normalized spacial score (nSPS) is 12.6. The molecule has 0 atom stereocenters. The summed E-state index contributed by atoms with van der Waals surface area (Å²) in [7, 11) is 0. The second-order valence-electron chi connectivity index (χ2n) is 6.60. The average molecular weight is 377 g/mol. The fourth-order valence-corrected chi connectivity index (χ4v) is 3.84. The predicted octanol–water partition coefficient (Wildman–Crippen LogP) is 3.59. The largest absolute Gasteiger partial charge is 0.352 e. The maximum Gasteiger partial charge on any atom is 0.251 e. The third-order valence-electron chi connectivity index (χ3n) is 4.52. The van der Waals surface area contributed by atoms with Gasteiger partial charge in [0.2, 0.25) is 5.91 Å². The van der Waals surface area contributed by atoms with Crippen LogP contribution in [0.25, 0.3) is 11.3 Å². The SMILES string of the molecule is Cc1ccc(C(=O)NCCc2nc(-c3ccc4c(c3)CC(=O)N4)cs2)cc1. The summed E-state index contributed by atoms with van der Waals surface area (Å²) in [6.07, 6.45) is 1.11. The Hall–Kier alpha value is -2.99. The second-order valence-corrected chi connectivity index (χ2v) is 7.54. The van der Waals surface area contributed by atoms with Crippen molar-refractivity contribution >= 4 is 28.8 Å². The van der Waals surface area contributed by atoms with Gasteiger partial charge in [0.05, 0.1) is 17.1 Å². The van der Waals surface area contributed by atoms with Crippen molar-refractivity contribution in [3.05, 3.63) is 69.5 Å². The van der Waals surface area contributed by atoms with E-state index in [0.717, 1.165) is 33.1 Å². The molecule has 1 aliphatic heterocycles. The number of nitrogens with one attached hydrogen (secondary N) is 2. The van der Waals surface area contributed by atoms with Gasteiger partial charge in [0, 0.05) is 35.2 Å². The number of rotatable bonds is 5. The number of thiazole rings is 1. The number of hydrogen-bond donors (Lipinski definition) is 2. The molecule has 0 spiro atoms. The van der Waals surface area contributed by atoms with Gasteiger partial charge in [0.25, 0.3) is 5.91 Å². The molecule has 0 aliphatic carbocycles. The Morgan fingerprint density at radius 1 is 1.22 bits per heavy atom. The Morgan fingerprint density at radius 3 is 2.85 bits per heavy atom. The third kappa shape index (κ3) is 3.90. The van der Waals surface area contributed by atoms with Crippen LogP contribution in [0.15, 0.2) is 47.8 Å². The van der Waals surface area contributed by atoms with Crippen LogP contribution in [0, 0.1) is 6.92 Å². The predicted molar refractivity (Wildman–Crippen MR) is 107 cm³/mol. The fourth-order valence-electron chi connectivity index (χ4n) is 3.04. The first-order chi connectivity index (χ1) is 13.1. The van der Waals surface area contributed by atoms with Gasteiger partial charge in [-0.3, -0.25) is 9.59 Å². The maximum atomic E-state index is 12.1. The number of anilines is 1. The zero-order valence-electron chi connectivity index (χ0n) is 14.9. The number of amides is 2. The highest BCUT2D eigenvalue weighted by atomic mass is 32.1. The van der Waals surface area contributed by atoms with Crippen molar-refractivity contribution in [1.29, 1.82) is 0 Å². The molecular formula is C21H19N3O2S. The van der Waals surface area contributed by atoms with Crippen molar-refractivity contribution in [2.75, 3.05) is 11.9 Å². The number of hydrogen-bond acceptors (Lipinski definition) is 4. The van der Waals surface area contributed by atoms with E-state index in [1.807, 2.05) is 54.8 Å². The smallest absolute Gasteiger partial charge is 0.251 e. The van der Waals surface area contributed by atoms with Crippen molar-refractivity contribution in [2.45, 2.75) is 19.8 Å². The first kappa shape index (κ1) is 17.4. The molecule has 2 aromatic carbocycles. The second kappa shape index (κ2) is 7.32. The third-order valence-corrected chi connectivity index (χ3v) is 5.42. The van der Waals surface area contributed by atoms with Crippen molar-refractivity contribution in [3.8, 4) is 11.3 Å². The van der Waals surface area contributed by atoms with Crippen molar-refractivity contribution in [1.82, 2.24) is 10.3 Å². The van der Waals surface area contributed by atoms with Gasteiger partial charge in [-0.25, -0.2) is 4.98 Å².